The maximum Gasteiger partial charge on any atom is 0.251 e. The number of sulfonamides is 1. The van der Waals surface area contributed by atoms with E-state index in [-0.39, 0.29) is 30.5 Å². The molecule has 0 radical (unpaired) electrons. The fourth-order valence-corrected chi connectivity index (χ4v) is 3.22. The van der Waals surface area contributed by atoms with Gasteiger partial charge in [-0.1, -0.05) is 0 Å². The summed E-state index contributed by atoms with van der Waals surface area (Å²) in [5.74, 6) is -1.08. The molecule has 1 amide bonds. The molecule has 0 unspecified atom stereocenters. The minimum absolute atomic E-state index is 0.0168. The molecule has 0 saturated carbocycles. The number of nitrogens with one attached hydrogen (secondary N) is 2. The lowest BCUT2D eigenvalue weighted by molar-refractivity contribution is 0.0200. The first kappa shape index (κ1) is 17.8. The zero-order valence-corrected chi connectivity index (χ0v) is 13.6. The highest BCUT2D eigenvalue weighted by Gasteiger charge is 2.17. The predicted molar refractivity (Wildman–Crippen MR) is 84.1 cm³/mol. The highest BCUT2D eigenvalue weighted by atomic mass is 32.2. The van der Waals surface area contributed by atoms with Gasteiger partial charge in [0.15, 0.2) is 0 Å². The summed E-state index contributed by atoms with van der Waals surface area (Å²) in [4.78, 5) is 11.8. The van der Waals surface area contributed by atoms with Crippen LogP contribution in [0.3, 0.4) is 0 Å². The van der Waals surface area contributed by atoms with Crippen LogP contribution in [0.5, 0.6) is 0 Å². The van der Waals surface area contributed by atoms with Crippen LogP contribution in [-0.4, -0.2) is 45.9 Å². The summed E-state index contributed by atoms with van der Waals surface area (Å²) in [5.41, 5.74) is 0.285. The molecule has 1 atom stereocenters. The first-order valence-electron chi connectivity index (χ1n) is 7.59. The third-order valence-corrected chi connectivity index (χ3v) is 4.92. The van der Waals surface area contributed by atoms with Crippen LogP contribution in [0.1, 0.15) is 29.6 Å². The number of rotatable bonds is 7. The van der Waals surface area contributed by atoms with Crippen molar-refractivity contribution in [2.24, 2.45) is 0 Å². The van der Waals surface area contributed by atoms with Gasteiger partial charge in [-0.2, -0.15) is 0 Å². The molecule has 1 saturated heterocycles. The normalized spacial score (nSPS) is 18.6. The highest BCUT2D eigenvalue weighted by molar-refractivity contribution is 7.89. The van der Waals surface area contributed by atoms with Crippen LogP contribution in [0.2, 0.25) is 0 Å². The van der Waals surface area contributed by atoms with Crippen molar-refractivity contribution in [3.63, 3.8) is 0 Å². The smallest absolute Gasteiger partial charge is 0.251 e. The molecule has 0 spiro atoms. The van der Waals surface area contributed by atoms with Gasteiger partial charge in [-0.25, -0.2) is 17.5 Å². The van der Waals surface area contributed by atoms with Gasteiger partial charge >= 0.3 is 0 Å². The van der Waals surface area contributed by atoms with E-state index in [1.54, 1.807) is 0 Å². The predicted octanol–water partition coefficient (Wildman–Crippen LogP) is 1.04. The van der Waals surface area contributed by atoms with Crippen molar-refractivity contribution in [1.29, 1.82) is 0 Å². The molecule has 1 aromatic carbocycles. The number of carbonyl (C=O) groups excluding carboxylic acids is 1. The zero-order chi connectivity index (χ0) is 16.7. The molecule has 6 nitrogen and oxygen atoms in total. The molecule has 1 aliphatic heterocycles. The number of carbonyl (C=O) groups is 1. The van der Waals surface area contributed by atoms with Crippen molar-refractivity contribution in [2.45, 2.75) is 25.4 Å². The van der Waals surface area contributed by atoms with E-state index in [0.717, 1.165) is 19.3 Å². The van der Waals surface area contributed by atoms with Gasteiger partial charge in [0, 0.05) is 25.3 Å². The average molecular weight is 344 g/mol. The Hall–Kier alpha value is -1.51. The zero-order valence-electron chi connectivity index (χ0n) is 12.8. The highest BCUT2D eigenvalue weighted by Crippen LogP contribution is 2.11. The topological polar surface area (TPSA) is 84.5 Å². The third-order valence-electron chi connectivity index (χ3n) is 3.57. The molecule has 1 aliphatic rings. The maximum atomic E-state index is 12.8. The average Bonchev–Trinajstić information content (AvgIpc) is 2.54. The second-order valence-corrected chi connectivity index (χ2v) is 7.35. The lowest BCUT2D eigenvalue weighted by Gasteiger charge is -2.22. The Morgan fingerprint density at radius 3 is 2.65 bits per heavy atom. The van der Waals surface area contributed by atoms with E-state index in [0.29, 0.717) is 6.61 Å². The molecule has 2 N–H and O–H groups in total. The van der Waals surface area contributed by atoms with Gasteiger partial charge in [-0.15, -0.1) is 0 Å². The summed E-state index contributed by atoms with van der Waals surface area (Å²) in [6.45, 7) is 0.908. The fourth-order valence-electron chi connectivity index (χ4n) is 2.26. The van der Waals surface area contributed by atoms with Crippen molar-refractivity contribution >= 4 is 15.9 Å². The summed E-state index contributed by atoms with van der Waals surface area (Å²) in [5, 5.41) is 2.50. The van der Waals surface area contributed by atoms with Crippen molar-refractivity contribution in [2.75, 3.05) is 25.4 Å². The van der Waals surface area contributed by atoms with Gasteiger partial charge in [-0.3, -0.25) is 4.79 Å². The molecule has 2 rings (SSSR count). The first-order chi connectivity index (χ1) is 11.0. The molecular formula is C15H21FN2O4S. The number of ether oxygens (including phenoxy) is 1. The minimum atomic E-state index is -3.47. The quantitative estimate of drug-likeness (QED) is 0.774. The fraction of sp³-hybridized carbons (Fsp3) is 0.533. The Morgan fingerprint density at radius 1 is 1.26 bits per heavy atom. The molecule has 0 aliphatic carbocycles. The summed E-state index contributed by atoms with van der Waals surface area (Å²) in [6, 6.07) is 5.05. The number of amides is 1. The molecule has 23 heavy (non-hydrogen) atoms. The molecule has 1 heterocycles. The van der Waals surface area contributed by atoms with Crippen molar-refractivity contribution < 1.29 is 22.3 Å². The Kier molecular flexibility index (Phi) is 6.49. The van der Waals surface area contributed by atoms with E-state index >= 15 is 0 Å². The first-order valence-corrected chi connectivity index (χ1v) is 9.24. The summed E-state index contributed by atoms with van der Waals surface area (Å²) >= 11 is 0. The second kappa shape index (κ2) is 8.37. The largest absolute Gasteiger partial charge is 0.377 e. The Morgan fingerprint density at radius 2 is 2.00 bits per heavy atom. The van der Waals surface area contributed by atoms with Crippen LogP contribution in [-0.2, 0) is 14.8 Å². The Labute approximate surface area is 135 Å². The van der Waals surface area contributed by atoms with Crippen molar-refractivity contribution in [3.8, 4) is 0 Å². The van der Waals surface area contributed by atoms with Gasteiger partial charge in [0.1, 0.15) is 5.82 Å². The minimum Gasteiger partial charge on any atom is -0.377 e. The van der Waals surface area contributed by atoms with Crippen molar-refractivity contribution in [3.05, 3.63) is 35.6 Å². The molecule has 128 valence electrons. The standard InChI is InChI=1S/C15H21FN2O4S/c16-13-6-4-12(5-7-13)15(19)17-8-10-23(20,21)18-11-14-3-1-2-9-22-14/h4-7,14,18H,1-3,8-11H2,(H,17,19)/t14-/m0/s1. The van der Waals surface area contributed by atoms with Crippen LogP contribution >= 0.6 is 0 Å². The van der Waals surface area contributed by atoms with Crippen LogP contribution in [0.15, 0.2) is 24.3 Å². The number of benzene rings is 1. The molecule has 8 heteroatoms. The number of halogens is 1. The molecule has 0 aromatic heterocycles. The summed E-state index contributed by atoms with van der Waals surface area (Å²) in [7, 11) is -3.47. The molecular weight excluding hydrogens is 323 g/mol. The number of hydrogen-bond donors (Lipinski definition) is 2. The molecule has 1 aromatic rings. The Balaban J connectivity index is 1.71. The Bertz CT molecular complexity index is 613. The van der Waals surface area contributed by atoms with Gasteiger partial charge in [0.25, 0.3) is 5.91 Å². The number of hydrogen-bond acceptors (Lipinski definition) is 4. The van der Waals surface area contributed by atoms with Gasteiger partial charge in [-0.05, 0) is 43.5 Å². The van der Waals surface area contributed by atoms with E-state index in [9.17, 15) is 17.6 Å². The van der Waals surface area contributed by atoms with E-state index in [2.05, 4.69) is 10.0 Å². The van der Waals surface area contributed by atoms with E-state index < -0.39 is 21.7 Å². The van der Waals surface area contributed by atoms with Crippen LogP contribution < -0.4 is 10.0 Å². The van der Waals surface area contributed by atoms with E-state index in [1.165, 1.54) is 24.3 Å². The second-order valence-electron chi connectivity index (χ2n) is 5.42. The molecule has 0 bridgehead atoms. The summed E-state index contributed by atoms with van der Waals surface area (Å²) < 4.78 is 44.5. The lowest BCUT2D eigenvalue weighted by atomic mass is 10.1. The van der Waals surface area contributed by atoms with Gasteiger partial charge in [0.05, 0.1) is 11.9 Å². The van der Waals surface area contributed by atoms with E-state index in [1.807, 2.05) is 0 Å². The SMILES string of the molecule is O=C(NCCS(=O)(=O)NC[C@@H]1CCCCO1)c1ccc(F)cc1. The maximum absolute atomic E-state index is 12.8. The van der Waals surface area contributed by atoms with Gasteiger partial charge in [0.2, 0.25) is 10.0 Å². The van der Waals surface area contributed by atoms with Gasteiger partial charge < -0.3 is 10.1 Å². The van der Waals surface area contributed by atoms with Crippen LogP contribution in [0, 0.1) is 5.82 Å². The monoisotopic (exact) mass is 344 g/mol. The third kappa shape index (κ3) is 6.25. The van der Waals surface area contributed by atoms with Crippen LogP contribution in [0.25, 0.3) is 0 Å². The van der Waals surface area contributed by atoms with Crippen molar-refractivity contribution in [1.82, 2.24) is 10.0 Å². The molecule has 1 fully saturated rings. The van der Waals surface area contributed by atoms with E-state index in [4.69, 9.17) is 4.74 Å². The summed E-state index contributed by atoms with van der Waals surface area (Å²) in [6.07, 6.45) is 2.83. The van der Waals surface area contributed by atoms with Crippen LogP contribution in [0.4, 0.5) is 4.39 Å². The lowest BCUT2D eigenvalue weighted by Crippen LogP contribution is -2.39.